The number of carbonyl (C=O) groups is 1. The molecule has 1 saturated heterocycles. The van der Waals surface area contributed by atoms with Gasteiger partial charge in [0, 0.05) is 18.8 Å². The van der Waals surface area contributed by atoms with E-state index in [0.29, 0.717) is 13.1 Å². The Labute approximate surface area is 146 Å². The third-order valence-electron chi connectivity index (χ3n) is 3.82. The first-order valence-electron chi connectivity index (χ1n) is 7.61. The van der Waals surface area contributed by atoms with Crippen LogP contribution in [0.5, 0.6) is 0 Å². The quantitative estimate of drug-likeness (QED) is 0.882. The van der Waals surface area contributed by atoms with Crippen molar-refractivity contribution in [1.82, 2.24) is 15.1 Å². The van der Waals surface area contributed by atoms with Crippen molar-refractivity contribution in [3.63, 3.8) is 0 Å². The van der Waals surface area contributed by atoms with Gasteiger partial charge in [-0.05, 0) is 43.2 Å². The SMILES string of the molecule is O=C(c1ccc(Nc2ccc(Cl)c(C(F)(F)F)c2)nn1)N1CCCC1. The van der Waals surface area contributed by atoms with Crippen molar-refractivity contribution >= 4 is 29.0 Å². The van der Waals surface area contributed by atoms with Crippen molar-refractivity contribution in [3.05, 3.63) is 46.6 Å². The maximum absolute atomic E-state index is 12.9. The molecule has 132 valence electrons. The standard InChI is InChI=1S/C16H14ClF3N4O/c17-12-4-3-10(9-11(12)16(18,19)20)21-14-6-5-13(22-23-14)15(25)24-7-1-2-8-24/h3-6,9H,1-2,7-8H2,(H,21,23). The number of benzene rings is 1. The molecule has 25 heavy (non-hydrogen) atoms. The molecule has 9 heteroatoms. The Morgan fingerprint density at radius 2 is 1.84 bits per heavy atom. The first-order chi connectivity index (χ1) is 11.8. The molecular weight excluding hydrogens is 357 g/mol. The summed E-state index contributed by atoms with van der Waals surface area (Å²) < 4.78 is 38.6. The Morgan fingerprint density at radius 1 is 1.12 bits per heavy atom. The molecule has 0 saturated carbocycles. The summed E-state index contributed by atoms with van der Waals surface area (Å²) >= 11 is 5.58. The van der Waals surface area contributed by atoms with Crippen LogP contribution in [0.2, 0.25) is 5.02 Å². The Kier molecular flexibility index (Phi) is 4.80. The number of hydrogen-bond acceptors (Lipinski definition) is 4. The second-order valence-electron chi connectivity index (χ2n) is 5.62. The number of nitrogens with zero attached hydrogens (tertiary/aromatic N) is 3. The molecule has 1 fully saturated rings. The molecule has 0 aliphatic carbocycles. The van der Waals surface area contributed by atoms with Crippen LogP contribution >= 0.6 is 11.6 Å². The summed E-state index contributed by atoms with van der Waals surface area (Å²) in [5.41, 5.74) is -0.558. The van der Waals surface area contributed by atoms with Gasteiger partial charge in [-0.1, -0.05) is 11.6 Å². The van der Waals surface area contributed by atoms with E-state index in [1.54, 1.807) is 4.90 Å². The lowest BCUT2D eigenvalue weighted by Gasteiger charge is -2.14. The zero-order chi connectivity index (χ0) is 18.0. The van der Waals surface area contributed by atoms with Gasteiger partial charge in [0.05, 0.1) is 10.6 Å². The molecule has 1 aliphatic rings. The molecule has 5 nitrogen and oxygen atoms in total. The summed E-state index contributed by atoms with van der Waals surface area (Å²) in [4.78, 5) is 13.9. The minimum absolute atomic E-state index is 0.171. The van der Waals surface area contributed by atoms with Crippen molar-refractivity contribution in [1.29, 1.82) is 0 Å². The first-order valence-corrected chi connectivity index (χ1v) is 7.99. The summed E-state index contributed by atoms with van der Waals surface area (Å²) in [6.45, 7) is 1.40. The Bertz CT molecular complexity index is 774. The lowest BCUT2D eigenvalue weighted by Crippen LogP contribution is -2.28. The van der Waals surface area contributed by atoms with Crippen molar-refractivity contribution < 1.29 is 18.0 Å². The van der Waals surface area contributed by atoms with Crippen molar-refractivity contribution in [2.24, 2.45) is 0 Å². The molecular formula is C16H14ClF3N4O. The van der Waals surface area contributed by atoms with Crippen LogP contribution in [0.15, 0.2) is 30.3 Å². The van der Waals surface area contributed by atoms with Crippen LogP contribution in [0.4, 0.5) is 24.7 Å². The zero-order valence-corrected chi connectivity index (χ0v) is 13.7. The summed E-state index contributed by atoms with van der Waals surface area (Å²) in [6, 6.07) is 6.45. The van der Waals surface area contributed by atoms with Gasteiger partial charge < -0.3 is 10.2 Å². The highest BCUT2D eigenvalue weighted by atomic mass is 35.5. The number of halogens is 4. The summed E-state index contributed by atoms with van der Waals surface area (Å²) in [5, 5.41) is 10.1. The van der Waals surface area contributed by atoms with Gasteiger partial charge in [0.25, 0.3) is 5.91 Å². The van der Waals surface area contributed by atoms with Gasteiger partial charge in [0.15, 0.2) is 11.5 Å². The van der Waals surface area contributed by atoms with E-state index in [0.717, 1.165) is 25.0 Å². The lowest BCUT2D eigenvalue weighted by molar-refractivity contribution is -0.137. The third-order valence-corrected chi connectivity index (χ3v) is 4.15. The number of hydrogen-bond donors (Lipinski definition) is 1. The first kappa shape index (κ1) is 17.5. The van der Waals surface area contributed by atoms with Crippen LogP contribution in [-0.2, 0) is 6.18 Å². The van der Waals surface area contributed by atoms with Crippen LogP contribution in [0.1, 0.15) is 28.9 Å². The van der Waals surface area contributed by atoms with Crippen molar-refractivity contribution in [3.8, 4) is 0 Å². The van der Waals surface area contributed by atoms with Crippen LogP contribution in [0, 0.1) is 0 Å². The van der Waals surface area contributed by atoms with E-state index in [4.69, 9.17) is 11.6 Å². The number of nitrogens with one attached hydrogen (secondary N) is 1. The zero-order valence-electron chi connectivity index (χ0n) is 13.0. The smallest absolute Gasteiger partial charge is 0.339 e. The van der Waals surface area contributed by atoms with E-state index < -0.39 is 11.7 Å². The van der Waals surface area contributed by atoms with Gasteiger partial charge in [-0.3, -0.25) is 4.79 Å². The molecule has 0 unspecified atom stereocenters. The van der Waals surface area contributed by atoms with E-state index in [9.17, 15) is 18.0 Å². The van der Waals surface area contributed by atoms with E-state index >= 15 is 0 Å². The minimum atomic E-state index is -4.55. The van der Waals surface area contributed by atoms with E-state index in [1.807, 2.05) is 0 Å². The normalized spacial score (nSPS) is 14.6. The Balaban J connectivity index is 1.74. The van der Waals surface area contributed by atoms with Crippen LogP contribution in [-0.4, -0.2) is 34.1 Å². The predicted molar refractivity (Wildman–Crippen MR) is 86.9 cm³/mol. The molecule has 2 aromatic rings. The molecule has 0 atom stereocenters. The maximum atomic E-state index is 12.9. The maximum Gasteiger partial charge on any atom is 0.417 e. The molecule has 1 N–H and O–H groups in total. The summed E-state index contributed by atoms with van der Waals surface area (Å²) in [7, 11) is 0. The molecule has 1 aromatic carbocycles. The fraction of sp³-hybridized carbons (Fsp3) is 0.312. The number of carbonyl (C=O) groups excluding carboxylic acids is 1. The van der Waals surface area contributed by atoms with Crippen molar-refractivity contribution in [2.75, 3.05) is 18.4 Å². The van der Waals surface area contributed by atoms with Gasteiger partial charge in [0.2, 0.25) is 0 Å². The molecule has 1 aliphatic heterocycles. The van der Waals surface area contributed by atoms with Crippen molar-refractivity contribution in [2.45, 2.75) is 19.0 Å². The number of likely N-dealkylation sites (tertiary alicyclic amines) is 1. The van der Waals surface area contributed by atoms with E-state index in [2.05, 4.69) is 15.5 Å². The summed E-state index contributed by atoms with van der Waals surface area (Å²) in [5.74, 6) is 0.0378. The molecule has 0 bridgehead atoms. The van der Waals surface area contributed by atoms with Gasteiger partial charge in [-0.15, -0.1) is 10.2 Å². The van der Waals surface area contributed by atoms with E-state index in [1.165, 1.54) is 18.2 Å². The average Bonchev–Trinajstić information content (AvgIpc) is 3.10. The number of rotatable bonds is 3. The van der Waals surface area contributed by atoms with Gasteiger partial charge in [0.1, 0.15) is 0 Å². The highest BCUT2D eigenvalue weighted by molar-refractivity contribution is 6.31. The number of anilines is 2. The largest absolute Gasteiger partial charge is 0.417 e. The monoisotopic (exact) mass is 370 g/mol. The predicted octanol–water partition coefficient (Wildman–Crippen LogP) is 4.13. The Hall–Kier alpha value is -2.35. The molecule has 1 amide bonds. The van der Waals surface area contributed by atoms with Gasteiger partial charge >= 0.3 is 6.18 Å². The van der Waals surface area contributed by atoms with Gasteiger partial charge in [-0.25, -0.2) is 0 Å². The molecule has 2 heterocycles. The van der Waals surface area contributed by atoms with Crippen LogP contribution in [0.3, 0.4) is 0 Å². The second kappa shape index (κ2) is 6.87. The second-order valence-corrected chi connectivity index (χ2v) is 6.03. The summed E-state index contributed by atoms with van der Waals surface area (Å²) in [6.07, 6.45) is -2.61. The van der Waals surface area contributed by atoms with Crippen LogP contribution < -0.4 is 5.32 Å². The molecule has 0 radical (unpaired) electrons. The van der Waals surface area contributed by atoms with Gasteiger partial charge in [-0.2, -0.15) is 13.2 Å². The third kappa shape index (κ3) is 4.01. The molecule has 0 spiro atoms. The fourth-order valence-corrected chi connectivity index (χ4v) is 2.79. The van der Waals surface area contributed by atoms with Crippen LogP contribution in [0.25, 0.3) is 0 Å². The number of alkyl halides is 3. The topological polar surface area (TPSA) is 58.1 Å². The average molecular weight is 371 g/mol. The highest BCUT2D eigenvalue weighted by Gasteiger charge is 2.33. The number of amides is 1. The minimum Gasteiger partial charge on any atom is -0.339 e. The number of aromatic nitrogens is 2. The van der Waals surface area contributed by atoms with E-state index in [-0.39, 0.29) is 28.1 Å². The fourth-order valence-electron chi connectivity index (χ4n) is 2.56. The Morgan fingerprint density at radius 3 is 2.44 bits per heavy atom. The highest BCUT2D eigenvalue weighted by Crippen LogP contribution is 2.36. The molecule has 3 rings (SSSR count). The lowest BCUT2D eigenvalue weighted by atomic mass is 10.2. The molecule has 1 aromatic heterocycles.